The molecule has 0 aliphatic rings. The predicted molar refractivity (Wildman–Crippen MR) is 47.8 cm³/mol. The molecule has 0 heterocycles. The fourth-order valence-electron chi connectivity index (χ4n) is 0.518. The van der Waals surface area contributed by atoms with E-state index in [-0.39, 0.29) is 5.47 Å². The molecule has 62 valence electrons. The molecular weight excluding hydrogens is 153 g/mol. The van der Waals surface area contributed by atoms with Gasteiger partial charge in [0.25, 0.3) is 0 Å². The molecule has 0 aliphatic carbocycles. The van der Waals surface area contributed by atoms with Crippen molar-refractivity contribution in [3.8, 4) is 6.07 Å². The Kier molecular flexibility index (Phi) is 4.78. The first kappa shape index (κ1) is 10.7. The van der Waals surface area contributed by atoms with Crippen molar-refractivity contribution in [1.82, 2.24) is 0 Å². The minimum atomic E-state index is -1.54. The number of hydrogen-bond donors (Lipinski definition) is 2. The summed E-state index contributed by atoms with van der Waals surface area (Å²) in [5, 5.41) is 25.8. The van der Waals surface area contributed by atoms with Crippen LogP contribution in [0.1, 0.15) is 6.92 Å². The van der Waals surface area contributed by atoms with Crippen LogP contribution in [0.2, 0.25) is 0 Å². The standard InChI is InChI=1S/C8H10BNO2/c1-3-8(9(11)12)5-4-7(2)6-10/h3-5,11-12H,1H2,2H3/b7-4+,8-5+. The van der Waals surface area contributed by atoms with Gasteiger partial charge in [0.05, 0.1) is 6.07 Å². The van der Waals surface area contributed by atoms with Crippen molar-refractivity contribution in [2.24, 2.45) is 0 Å². The molecule has 0 saturated heterocycles. The topological polar surface area (TPSA) is 64.2 Å². The van der Waals surface area contributed by atoms with E-state index in [4.69, 9.17) is 15.3 Å². The zero-order valence-corrected chi connectivity index (χ0v) is 6.86. The summed E-state index contributed by atoms with van der Waals surface area (Å²) >= 11 is 0. The molecular formula is C8H10BNO2. The largest absolute Gasteiger partial charge is 0.488 e. The van der Waals surface area contributed by atoms with E-state index in [1.165, 1.54) is 18.2 Å². The van der Waals surface area contributed by atoms with Gasteiger partial charge in [-0.05, 0) is 18.5 Å². The molecule has 0 aromatic carbocycles. The van der Waals surface area contributed by atoms with Crippen LogP contribution in [0, 0.1) is 11.3 Å². The highest BCUT2D eigenvalue weighted by molar-refractivity contribution is 6.51. The Morgan fingerprint density at radius 1 is 1.50 bits per heavy atom. The van der Waals surface area contributed by atoms with Gasteiger partial charge in [0.2, 0.25) is 0 Å². The molecule has 12 heavy (non-hydrogen) atoms. The molecule has 0 aromatic rings. The third-order valence-corrected chi connectivity index (χ3v) is 1.24. The maximum Gasteiger partial charge on any atom is 0.488 e. The quantitative estimate of drug-likeness (QED) is 0.363. The van der Waals surface area contributed by atoms with Crippen LogP contribution >= 0.6 is 0 Å². The second-order valence-electron chi connectivity index (χ2n) is 2.21. The lowest BCUT2D eigenvalue weighted by Crippen LogP contribution is -2.13. The van der Waals surface area contributed by atoms with Crippen LogP contribution in [0.3, 0.4) is 0 Å². The molecule has 0 fully saturated rings. The lowest BCUT2D eigenvalue weighted by molar-refractivity contribution is 0.420. The van der Waals surface area contributed by atoms with E-state index in [2.05, 4.69) is 6.58 Å². The first-order valence-electron chi connectivity index (χ1n) is 3.39. The molecule has 3 nitrogen and oxygen atoms in total. The first-order valence-corrected chi connectivity index (χ1v) is 3.39. The normalized spacial score (nSPS) is 12.2. The molecule has 0 spiro atoms. The minimum Gasteiger partial charge on any atom is -0.423 e. The molecule has 0 saturated carbocycles. The Morgan fingerprint density at radius 2 is 2.08 bits per heavy atom. The van der Waals surface area contributed by atoms with E-state index in [9.17, 15) is 0 Å². The van der Waals surface area contributed by atoms with Crippen LogP contribution < -0.4 is 0 Å². The molecule has 0 bridgehead atoms. The maximum absolute atomic E-state index is 8.70. The molecule has 0 unspecified atom stereocenters. The number of nitriles is 1. The Morgan fingerprint density at radius 3 is 2.42 bits per heavy atom. The van der Waals surface area contributed by atoms with Gasteiger partial charge in [0.15, 0.2) is 0 Å². The second-order valence-corrected chi connectivity index (χ2v) is 2.21. The predicted octanol–water partition coefficient (Wildman–Crippen LogP) is 0.581. The number of rotatable bonds is 3. The summed E-state index contributed by atoms with van der Waals surface area (Å²) in [6.07, 6.45) is 4.26. The fraction of sp³-hybridized carbons (Fsp3) is 0.125. The highest BCUT2D eigenvalue weighted by Gasteiger charge is 2.09. The third kappa shape index (κ3) is 3.76. The number of allylic oxidation sites excluding steroid dienone is 5. The fourth-order valence-corrected chi connectivity index (χ4v) is 0.518. The summed E-state index contributed by atoms with van der Waals surface area (Å²) in [5.74, 6) is 0. The van der Waals surface area contributed by atoms with E-state index in [0.29, 0.717) is 5.57 Å². The van der Waals surface area contributed by atoms with E-state index >= 15 is 0 Å². The maximum atomic E-state index is 8.70. The summed E-state index contributed by atoms with van der Waals surface area (Å²) < 4.78 is 0. The zero-order chi connectivity index (χ0) is 9.56. The lowest BCUT2D eigenvalue weighted by Gasteiger charge is -1.95. The van der Waals surface area contributed by atoms with Crippen LogP contribution in [-0.4, -0.2) is 17.2 Å². The van der Waals surface area contributed by atoms with Crippen molar-refractivity contribution >= 4 is 7.12 Å². The molecule has 0 amide bonds. The zero-order valence-electron chi connectivity index (χ0n) is 6.86. The van der Waals surface area contributed by atoms with Gasteiger partial charge in [0, 0.05) is 5.57 Å². The van der Waals surface area contributed by atoms with E-state index < -0.39 is 7.12 Å². The van der Waals surface area contributed by atoms with Crippen LogP contribution in [0.5, 0.6) is 0 Å². The number of hydrogen-bond acceptors (Lipinski definition) is 3. The average molecular weight is 163 g/mol. The Bertz CT molecular complexity index is 261. The van der Waals surface area contributed by atoms with E-state index in [0.717, 1.165) is 0 Å². The molecule has 0 aliphatic heterocycles. The van der Waals surface area contributed by atoms with E-state index in [1.807, 2.05) is 6.07 Å². The van der Waals surface area contributed by atoms with Crippen molar-refractivity contribution in [1.29, 1.82) is 5.26 Å². The molecule has 0 radical (unpaired) electrons. The lowest BCUT2D eigenvalue weighted by atomic mass is 9.79. The van der Waals surface area contributed by atoms with Gasteiger partial charge in [-0.25, -0.2) is 0 Å². The summed E-state index contributed by atoms with van der Waals surface area (Å²) in [6.45, 7) is 5.01. The summed E-state index contributed by atoms with van der Waals surface area (Å²) in [6, 6.07) is 1.90. The van der Waals surface area contributed by atoms with Gasteiger partial charge in [-0.15, -0.1) is 0 Å². The molecule has 4 heteroatoms. The van der Waals surface area contributed by atoms with Gasteiger partial charge in [-0.3, -0.25) is 0 Å². The molecule has 0 rings (SSSR count). The Hall–Kier alpha value is -1.31. The molecule has 0 atom stereocenters. The van der Waals surface area contributed by atoms with Gasteiger partial charge in [-0.2, -0.15) is 5.26 Å². The monoisotopic (exact) mass is 163 g/mol. The van der Waals surface area contributed by atoms with Gasteiger partial charge in [0.1, 0.15) is 0 Å². The van der Waals surface area contributed by atoms with Crippen molar-refractivity contribution in [3.63, 3.8) is 0 Å². The van der Waals surface area contributed by atoms with Crippen molar-refractivity contribution in [2.75, 3.05) is 0 Å². The van der Waals surface area contributed by atoms with Gasteiger partial charge >= 0.3 is 7.12 Å². The Labute approximate surface area is 72.1 Å². The van der Waals surface area contributed by atoms with Crippen LogP contribution in [0.25, 0.3) is 0 Å². The molecule has 0 aromatic heterocycles. The van der Waals surface area contributed by atoms with Crippen LogP contribution in [-0.2, 0) is 0 Å². The highest BCUT2D eigenvalue weighted by atomic mass is 16.4. The molecule has 2 N–H and O–H groups in total. The highest BCUT2D eigenvalue weighted by Crippen LogP contribution is 1.99. The van der Waals surface area contributed by atoms with Crippen LogP contribution in [0.15, 0.2) is 35.9 Å². The number of nitrogens with zero attached hydrogens (tertiary/aromatic N) is 1. The second kappa shape index (κ2) is 5.36. The van der Waals surface area contributed by atoms with Crippen molar-refractivity contribution < 1.29 is 10.0 Å². The third-order valence-electron chi connectivity index (χ3n) is 1.24. The SMILES string of the molecule is C=C/C(=C\C=C(/C)C#N)B(O)O. The Balaban J connectivity index is 4.54. The van der Waals surface area contributed by atoms with E-state index in [1.54, 1.807) is 6.92 Å². The van der Waals surface area contributed by atoms with Crippen molar-refractivity contribution in [2.45, 2.75) is 6.92 Å². The summed E-state index contributed by atoms with van der Waals surface area (Å²) in [5.41, 5.74) is 0.764. The smallest absolute Gasteiger partial charge is 0.423 e. The minimum absolute atomic E-state index is 0.268. The van der Waals surface area contributed by atoms with Crippen molar-refractivity contribution in [3.05, 3.63) is 35.9 Å². The van der Waals surface area contributed by atoms with Crippen LogP contribution in [0.4, 0.5) is 0 Å². The summed E-state index contributed by atoms with van der Waals surface area (Å²) in [7, 11) is -1.54. The average Bonchev–Trinajstić information content (AvgIpc) is 2.04. The first-order chi connectivity index (χ1) is 5.61. The van der Waals surface area contributed by atoms with Gasteiger partial charge < -0.3 is 10.0 Å². The summed E-state index contributed by atoms with van der Waals surface area (Å²) in [4.78, 5) is 0. The van der Waals surface area contributed by atoms with Gasteiger partial charge in [-0.1, -0.05) is 18.7 Å².